The second-order valence-electron chi connectivity index (χ2n) is 5.89. The topological polar surface area (TPSA) is 70.5 Å². The van der Waals surface area contributed by atoms with E-state index in [-0.39, 0.29) is 18.4 Å². The summed E-state index contributed by atoms with van der Waals surface area (Å²) < 4.78 is 0. The fourth-order valence-corrected chi connectivity index (χ4v) is 3.94. The maximum atomic E-state index is 12.5. The van der Waals surface area contributed by atoms with Crippen molar-refractivity contribution in [2.75, 3.05) is 6.54 Å². The van der Waals surface area contributed by atoms with Crippen LogP contribution in [0, 0.1) is 5.92 Å². The lowest BCUT2D eigenvalue weighted by Gasteiger charge is -2.22. The number of halogens is 1. The van der Waals surface area contributed by atoms with Gasteiger partial charge in [-0.15, -0.1) is 11.3 Å². The Morgan fingerprint density at radius 2 is 2.08 bits per heavy atom. The smallest absolute Gasteiger partial charge is 0.308 e. The summed E-state index contributed by atoms with van der Waals surface area (Å²) in [6.07, 6.45) is 0.704. The molecule has 1 aliphatic heterocycles. The normalized spacial score (nSPS) is 20.3. The highest BCUT2D eigenvalue weighted by atomic mass is 35.5. The van der Waals surface area contributed by atoms with Crippen molar-refractivity contribution in [3.8, 4) is 10.6 Å². The Kier molecular flexibility index (Phi) is 4.87. The molecule has 1 aromatic heterocycles. The Bertz CT molecular complexity index is 759. The second kappa shape index (κ2) is 6.91. The van der Waals surface area contributed by atoms with Gasteiger partial charge in [0.2, 0.25) is 5.91 Å². The number of carboxylic acid groups (broad SMARTS) is 1. The van der Waals surface area contributed by atoms with E-state index < -0.39 is 11.9 Å². The molecule has 2 atom stereocenters. The van der Waals surface area contributed by atoms with Gasteiger partial charge in [-0.1, -0.05) is 23.7 Å². The molecule has 0 saturated carbocycles. The summed E-state index contributed by atoms with van der Waals surface area (Å²) >= 11 is 7.36. The van der Waals surface area contributed by atoms with Crippen molar-refractivity contribution in [1.29, 1.82) is 0 Å². The minimum atomic E-state index is -0.837. The van der Waals surface area contributed by atoms with Crippen LogP contribution < -0.4 is 0 Å². The zero-order chi connectivity index (χ0) is 17.3. The van der Waals surface area contributed by atoms with Gasteiger partial charge in [-0.25, -0.2) is 4.98 Å². The summed E-state index contributed by atoms with van der Waals surface area (Å²) in [5.74, 6) is -1.38. The van der Waals surface area contributed by atoms with Crippen molar-refractivity contribution in [3.05, 3.63) is 40.4 Å². The summed E-state index contributed by atoms with van der Waals surface area (Å²) in [4.78, 5) is 29.8. The molecule has 2 unspecified atom stereocenters. The SMILES string of the molecule is CC1C(C(=O)O)CCN1C(=O)Cc1csc(-c2ccc(Cl)cc2)n1. The van der Waals surface area contributed by atoms with Gasteiger partial charge in [-0.05, 0) is 25.5 Å². The number of carboxylic acids is 1. The molecule has 126 valence electrons. The summed E-state index contributed by atoms with van der Waals surface area (Å²) in [5.41, 5.74) is 1.67. The van der Waals surface area contributed by atoms with Crippen LogP contribution in [0.25, 0.3) is 10.6 Å². The number of aliphatic carboxylic acids is 1. The van der Waals surface area contributed by atoms with Gasteiger partial charge >= 0.3 is 5.97 Å². The Morgan fingerprint density at radius 3 is 2.71 bits per heavy atom. The van der Waals surface area contributed by atoms with Crippen LogP contribution in [0.1, 0.15) is 19.0 Å². The Morgan fingerprint density at radius 1 is 1.38 bits per heavy atom. The summed E-state index contributed by atoms with van der Waals surface area (Å²) in [7, 11) is 0. The highest BCUT2D eigenvalue weighted by Crippen LogP contribution is 2.27. The number of hydrogen-bond donors (Lipinski definition) is 1. The van der Waals surface area contributed by atoms with E-state index in [1.807, 2.05) is 17.5 Å². The highest BCUT2D eigenvalue weighted by molar-refractivity contribution is 7.13. The third-order valence-electron chi connectivity index (χ3n) is 4.37. The molecule has 2 aromatic rings. The predicted octanol–water partition coefficient (Wildman–Crippen LogP) is 3.33. The zero-order valence-electron chi connectivity index (χ0n) is 13.1. The van der Waals surface area contributed by atoms with Crippen LogP contribution in [0.2, 0.25) is 5.02 Å². The van der Waals surface area contributed by atoms with E-state index in [9.17, 15) is 9.59 Å². The first-order valence-corrected chi connectivity index (χ1v) is 8.94. The molecule has 0 aliphatic carbocycles. The van der Waals surface area contributed by atoms with Gasteiger partial charge < -0.3 is 10.0 Å². The van der Waals surface area contributed by atoms with Crippen molar-refractivity contribution >= 4 is 34.8 Å². The molecule has 1 amide bonds. The predicted molar refractivity (Wildman–Crippen MR) is 93.2 cm³/mol. The fraction of sp³-hybridized carbons (Fsp3) is 0.353. The van der Waals surface area contributed by atoms with Crippen LogP contribution in [0.3, 0.4) is 0 Å². The van der Waals surface area contributed by atoms with Crippen molar-refractivity contribution in [1.82, 2.24) is 9.88 Å². The van der Waals surface area contributed by atoms with Gasteiger partial charge in [-0.2, -0.15) is 0 Å². The Balaban J connectivity index is 1.68. The van der Waals surface area contributed by atoms with Crippen molar-refractivity contribution in [2.45, 2.75) is 25.8 Å². The molecule has 1 aliphatic rings. The molecule has 7 heteroatoms. The number of aromatic nitrogens is 1. The maximum absolute atomic E-state index is 12.5. The van der Waals surface area contributed by atoms with Crippen LogP contribution in [0.15, 0.2) is 29.6 Å². The van der Waals surface area contributed by atoms with Gasteiger partial charge in [0.1, 0.15) is 5.01 Å². The molecule has 0 radical (unpaired) electrons. The molecule has 1 fully saturated rings. The first-order valence-electron chi connectivity index (χ1n) is 7.68. The van der Waals surface area contributed by atoms with Crippen LogP contribution in [-0.4, -0.2) is 39.5 Å². The van der Waals surface area contributed by atoms with Crippen LogP contribution >= 0.6 is 22.9 Å². The lowest BCUT2D eigenvalue weighted by molar-refractivity contribution is -0.143. The van der Waals surface area contributed by atoms with E-state index in [0.717, 1.165) is 10.6 Å². The molecule has 0 spiro atoms. The molecule has 5 nitrogen and oxygen atoms in total. The van der Waals surface area contributed by atoms with Crippen molar-refractivity contribution in [2.24, 2.45) is 5.92 Å². The van der Waals surface area contributed by atoms with E-state index in [0.29, 0.717) is 23.7 Å². The molecule has 1 saturated heterocycles. The summed E-state index contributed by atoms with van der Waals surface area (Å²) in [6.45, 7) is 2.29. The number of hydrogen-bond acceptors (Lipinski definition) is 4. The quantitative estimate of drug-likeness (QED) is 0.903. The molecule has 0 bridgehead atoms. The molecular formula is C17H17ClN2O3S. The molecule has 2 heterocycles. The molecular weight excluding hydrogens is 348 g/mol. The lowest BCUT2D eigenvalue weighted by Crippen LogP contribution is -2.38. The third kappa shape index (κ3) is 3.44. The monoisotopic (exact) mass is 364 g/mol. The largest absolute Gasteiger partial charge is 0.481 e. The van der Waals surface area contributed by atoms with E-state index in [4.69, 9.17) is 16.7 Å². The summed E-state index contributed by atoms with van der Waals surface area (Å²) in [6, 6.07) is 7.13. The van der Waals surface area contributed by atoms with Crippen LogP contribution in [0.4, 0.5) is 0 Å². The third-order valence-corrected chi connectivity index (χ3v) is 5.56. The standard InChI is InChI=1S/C17H17ClN2O3S/c1-10-14(17(22)23)6-7-20(10)15(21)8-13-9-24-16(19-13)11-2-4-12(18)5-3-11/h2-5,9-10,14H,6-8H2,1H3,(H,22,23). The van der Waals surface area contributed by atoms with Gasteiger partial charge in [0.25, 0.3) is 0 Å². The lowest BCUT2D eigenvalue weighted by atomic mass is 10.0. The molecule has 3 rings (SSSR count). The van der Waals surface area contributed by atoms with Gasteiger partial charge in [0.05, 0.1) is 18.0 Å². The van der Waals surface area contributed by atoms with Crippen molar-refractivity contribution < 1.29 is 14.7 Å². The average molecular weight is 365 g/mol. The number of carbonyl (C=O) groups is 2. The summed E-state index contributed by atoms with van der Waals surface area (Å²) in [5, 5.41) is 12.5. The van der Waals surface area contributed by atoms with E-state index in [1.165, 1.54) is 11.3 Å². The number of thiazole rings is 1. The highest BCUT2D eigenvalue weighted by Gasteiger charge is 2.38. The van der Waals surface area contributed by atoms with E-state index in [2.05, 4.69) is 4.98 Å². The number of rotatable bonds is 4. The van der Waals surface area contributed by atoms with Gasteiger partial charge in [0, 0.05) is 28.6 Å². The van der Waals surface area contributed by atoms with Crippen LogP contribution in [-0.2, 0) is 16.0 Å². The molecule has 24 heavy (non-hydrogen) atoms. The first kappa shape index (κ1) is 16.9. The molecule has 1 aromatic carbocycles. The Hall–Kier alpha value is -1.92. The maximum Gasteiger partial charge on any atom is 0.308 e. The van der Waals surface area contributed by atoms with E-state index in [1.54, 1.807) is 24.0 Å². The number of carbonyl (C=O) groups excluding carboxylic acids is 1. The average Bonchev–Trinajstić information content (AvgIpc) is 3.14. The minimum Gasteiger partial charge on any atom is -0.481 e. The number of amides is 1. The van der Waals surface area contributed by atoms with E-state index >= 15 is 0 Å². The second-order valence-corrected chi connectivity index (χ2v) is 7.18. The first-order chi connectivity index (χ1) is 11.5. The number of benzene rings is 1. The Labute approximate surface area is 148 Å². The fourth-order valence-electron chi connectivity index (χ4n) is 2.99. The van der Waals surface area contributed by atoms with Gasteiger partial charge in [-0.3, -0.25) is 9.59 Å². The number of likely N-dealkylation sites (tertiary alicyclic amines) is 1. The zero-order valence-corrected chi connectivity index (χ0v) is 14.7. The van der Waals surface area contributed by atoms with Gasteiger partial charge in [0.15, 0.2) is 0 Å². The van der Waals surface area contributed by atoms with Crippen LogP contribution in [0.5, 0.6) is 0 Å². The molecule has 1 N–H and O–H groups in total. The minimum absolute atomic E-state index is 0.0702. The van der Waals surface area contributed by atoms with Crippen molar-refractivity contribution in [3.63, 3.8) is 0 Å². The number of nitrogens with zero attached hydrogens (tertiary/aromatic N) is 2.